The maximum atomic E-state index is 5.68. The van der Waals surface area contributed by atoms with Crippen LogP contribution >= 0.6 is 11.3 Å². The number of rotatable bonds is 2. The summed E-state index contributed by atoms with van der Waals surface area (Å²) < 4.78 is 5.54. The molecule has 4 heteroatoms. The molecule has 0 atom stereocenters. The van der Waals surface area contributed by atoms with E-state index in [1.165, 1.54) is 11.3 Å². The lowest BCUT2D eigenvalue weighted by atomic mass is 10.3. The average Bonchev–Trinajstić information content (AvgIpc) is 2.52. The van der Waals surface area contributed by atoms with Gasteiger partial charge in [-0.1, -0.05) is 6.07 Å². The largest absolute Gasteiger partial charge is 0.444 e. The van der Waals surface area contributed by atoms with Crippen LogP contribution in [0, 0.1) is 0 Å². The molecule has 72 valence electrons. The average molecular weight is 206 g/mol. The lowest BCUT2D eigenvalue weighted by Gasteiger charge is -2.04. The molecule has 1 heterocycles. The molecule has 2 aromatic rings. The van der Waals surface area contributed by atoms with Crippen molar-refractivity contribution >= 4 is 22.7 Å². The molecule has 0 fully saturated rings. The summed E-state index contributed by atoms with van der Waals surface area (Å²) in [5.41, 5.74) is 12.6. The van der Waals surface area contributed by atoms with Gasteiger partial charge in [0.15, 0.2) is 0 Å². The molecule has 3 nitrogen and oxygen atoms in total. The van der Waals surface area contributed by atoms with Crippen molar-refractivity contribution in [3.63, 3.8) is 0 Å². The zero-order chi connectivity index (χ0) is 9.97. The minimum Gasteiger partial charge on any atom is -0.444 e. The Balaban J connectivity index is 2.23. The molecule has 4 N–H and O–H groups in total. The van der Waals surface area contributed by atoms with Crippen molar-refractivity contribution < 1.29 is 4.74 Å². The van der Waals surface area contributed by atoms with Crippen LogP contribution in [0.25, 0.3) is 0 Å². The highest BCUT2D eigenvalue weighted by atomic mass is 32.1. The third kappa shape index (κ3) is 1.80. The Morgan fingerprint density at radius 3 is 2.64 bits per heavy atom. The van der Waals surface area contributed by atoms with Crippen LogP contribution in [0.3, 0.4) is 0 Å². The number of ether oxygens (including phenoxy) is 1. The van der Waals surface area contributed by atoms with Crippen LogP contribution in [0.1, 0.15) is 0 Å². The summed E-state index contributed by atoms with van der Waals surface area (Å²) in [4.78, 5) is 0. The fourth-order valence-corrected chi connectivity index (χ4v) is 1.76. The normalized spacial score (nSPS) is 10.0. The first-order chi connectivity index (χ1) is 6.75. The smallest absolute Gasteiger partial charge is 0.203 e. The van der Waals surface area contributed by atoms with Gasteiger partial charge in [0.25, 0.3) is 0 Å². The van der Waals surface area contributed by atoms with Crippen molar-refractivity contribution in [1.29, 1.82) is 0 Å². The van der Waals surface area contributed by atoms with Gasteiger partial charge < -0.3 is 16.2 Å². The van der Waals surface area contributed by atoms with Crippen molar-refractivity contribution in [3.8, 4) is 10.8 Å². The lowest BCUT2D eigenvalue weighted by Crippen LogP contribution is -1.88. The van der Waals surface area contributed by atoms with E-state index in [1.807, 2.05) is 29.6 Å². The van der Waals surface area contributed by atoms with Crippen LogP contribution < -0.4 is 16.2 Å². The molecule has 0 unspecified atom stereocenters. The predicted octanol–water partition coefficient (Wildman–Crippen LogP) is 2.70. The summed E-state index contributed by atoms with van der Waals surface area (Å²) in [7, 11) is 0. The van der Waals surface area contributed by atoms with Gasteiger partial charge >= 0.3 is 0 Å². The van der Waals surface area contributed by atoms with E-state index in [-0.39, 0.29) is 0 Å². The maximum absolute atomic E-state index is 5.68. The molecule has 0 bridgehead atoms. The molecule has 0 aliphatic rings. The van der Waals surface area contributed by atoms with Crippen molar-refractivity contribution in [3.05, 3.63) is 35.7 Å². The first-order valence-electron chi connectivity index (χ1n) is 4.12. The fourth-order valence-electron chi connectivity index (χ4n) is 1.07. The molecule has 1 aromatic heterocycles. The summed E-state index contributed by atoms with van der Waals surface area (Å²) in [6.45, 7) is 0. The Labute approximate surface area is 85.9 Å². The second-order valence-electron chi connectivity index (χ2n) is 2.84. The van der Waals surface area contributed by atoms with Crippen LogP contribution in [0.15, 0.2) is 35.7 Å². The van der Waals surface area contributed by atoms with Crippen molar-refractivity contribution in [1.82, 2.24) is 0 Å². The molecule has 0 spiro atoms. The van der Waals surface area contributed by atoms with Crippen LogP contribution in [-0.4, -0.2) is 0 Å². The SMILES string of the molecule is Nc1cccc(Oc2sccc2N)c1. The third-order valence-corrected chi connectivity index (χ3v) is 2.53. The summed E-state index contributed by atoms with van der Waals surface area (Å²) in [5.74, 6) is 0.708. The molecule has 1 aromatic carbocycles. The molecule has 0 saturated carbocycles. The van der Waals surface area contributed by atoms with Gasteiger partial charge in [0, 0.05) is 11.8 Å². The third-order valence-electron chi connectivity index (χ3n) is 1.73. The number of nitrogens with two attached hydrogens (primary N) is 2. The molecule has 2 rings (SSSR count). The zero-order valence-electron chi connectivity index (χ0n) is 7.44. The van der Waals surface area contributed by atoms with Gasteiger partial charge in [-0.05, 0) is 23.6 Å². The quantitative estimate of drug-likeness (QED) is 0.742. The van der Waals surface area contributed by atoms with Gasteiger partial charge in [0.1, 0.15) is 5.75 Å². The summed E-state index contributed by atoms with van der Waals surface area (Å²) >= 11 is 1.46. The minimum atomic E-state index is 0.650. The molecule has 0 aliphatic carbocycles. The highest BCUT2D eigenvalue weighted by molar-refractivity contribution is 7.12. The highest BCUT2D eigenvalue weighted by Gasteiger charge is 2.02. The van der Waals surface area contributed by atoms with E-state index in [0.29, 0.717) is 22.2 Å². The number of nitrogen functional groups attached to an aromatic ring is 2. The summed E-state index contributed by atoms with van der Waals surface area (Å²) in [6.07, 6.45) is 0. The Kier molecular flexibility index (Phi) is 2.28. The minimum absolute atomic E-state index is 0.650. The van der Waals surface area contributed by atoms with Gasteiger partial charge in [-0.2, -0.15) is 0 Å². The molecule has 0 saturated heterocycles. The van der Waals surface area contributed by atoms with Gasteiger partial charge in [0.2, 0.25) is 5.06 Å². The highest BCUT2D eigenvalue weighted by Crippen LogP contribution is 2.33. The molecular weight excluding hydrogens is 196 g/mol. The number of hydrogen-bond donors (Lipinski definition) is 2. The summed E-state index contributed by atoms with van der Waals surface area (Å²) in [5, 5.41) is 2.59. The van der Waals surface area contributed by atoms with Crippen LogP contribution in [0.2, 0.25) is 0 Å². The predicted molar refractivity (Wildman–Crippen MR) is 59.7 cm³/mol. The zero-order valence-corrected chi connectivity index (χ0v) is 8.25. The summed E-state index contributed by atoms with van der Waals surface area (Å²) in [6, 6.07) is 9.07. The van der Waals surface area contributed by atoms with Crippen molar-refractivity contribution in [2.45, 2.75) is 0 Å². The van der Waals surface area contributed by atoms with Gasteiger partial charge in [-0.15, -0.1) is 11.3 Å². The molecule has 0 amide bonds. The van der Waals surface area contributed by atoms with Crippen LogP contribution in [0.5, 0.6) is 10.8 Å². The number of benzene rings is 1. The monoisotopic (exact) mass is 206 g/mol. The van der Waals surface area contributed by atoms with E-state index in [0.717, 1.165) is 0 Å². The van der Waals surface area contributed by atoms with Crippen LogP contribution in [0.4, 0.5) is 11.4 Å². The van der Waals surface area contributed by atoms with Crippen LogP contribution in [-0.2, 0) is 0 Å². The van der Waals surface area contributed by atoms with E-state index >= 15 is 0 Å². The van der Waals surface area contributed by atoms with Gasteiger partial charge in [-0.3, -0.25) is 0 Å². The molecule has 0 radical (unpaired) electrons. The van der Waals surface area contributed by atoms with Crippen molar-refractivity contribution in [2.24, 2.45) is 0 Å². The Hall–Kier alpha value is -1.68. The first kappa shape index (κ1) is 8.90. The van der Waals surface area contributed by atoms with E-state index < -0.39 is 0 Å². The fraction of sp³-hybridized carbons (Fsp3) is 0. The van der Waals surface area contributed by atoms with Gasteiger partial charge in [0.05, 0.1) is 5.69 Å². The topological polar surface area (TPSA) is 61.3 Å². The number of hydrogen-bond acceptors (Lipinski definition) is 4. The Morgan fingerprint density at radius 1 is 1.14 bits per heavy atom. The van der Waals surface area contributed by atoms with E-state index in [1.54, 1.807) is 6.07 Å². The van der Waals surface area contributed by atoms with E-state index in [4.69, 9.17) is 16.2 Å². The van der Waals surface area contributed by atoms with E-state index in [9.17, 15) is 0 Å². The van der Waals surface area contributed by atoms with E-state index in [2.05, 4.69) is 0 Å². The van der Waals surface area contributed by atoms with Crippen molar-refractivity contribution in [2.75, 3.05) is 11.5 Å². The second-order valence-corrected chi connectivity index (χ2v) is 3.72. The molecular formula is C10H10N2OS. The number of anilines is 2. The second kappa shape index (κ2) is 3.59. The Morgan fingerprint density at radius 2 is 2.00 bits per heavy atom. The molecule has 14 heavy (non-hydrogen) atoms. The lowest BCUT2D eigenvalue weighted by molar-refractivity contribution is 0.499. The Bertz CT molecular complexity index is 439. The molecule has 0 aliphatic heterocycles. The maximum Gasteiger partial charge on any atom is 0.203 e. The van der Waals surface area contributed by atoms with Gasteiger partial charge in [-0.25, -0.2) is 0 Å². The number of thiophene rings is 1. The standard InChI is InChI=1S/C10H10N2OS/c11-7-2-1-3-8(6-7)13-10-9(12)4-5-14-10/h1-6H,11-12H2. The first-order valence-corrected chi connectivity index (χ1v) is 5.00.